The van der Waals surface area contributed by atoms with Crippen LogP contribution in [0.4, 0.5) is 13.2 Å². The van der Waals surface area contributed by atoms with Gasteiger partial charge in [0.2, 0.25) is 0 Å². The number of para-hydroxylation sites is 1. The third-order valence-electron chi connectivity index (χ3n) is 3.25. The Morgan fingerprint density at radius 1 is 1.05 bits per heavy atom. The zero-order valence-corrected chi connectivity index (χ0v) is 11.6. The second kappa shape index (κ2) is 4.77. The second-order valence-corrected chi connectivity index (χ2v) is 4.88. The van der Waals surface area contributed by atoms with Crippen LogP contribution in [0.25, 0.3) is 21.7 Å². The molecule has 0 saturated heterocycles. The predicted octanol–water partition coefficient (Wildman–Crippen LogP) is 5.07. The van der Waals surface area contributed by atoms with E-state index in [1.54, 1.807) is 24.3 Å². The first kappa shape index (κ1) is 13.9. The van der Waals surface area contributed by atoms with Gasteiger partial charge in [-0.1, -0.05) is 29.8 Å². The lowest BCUT2D eigenvalue weighted by Gasteiger charge is -2.15. The number of pyridine rings is 1. The first-order valence-electron chi connectivity index (χ1n) is 6.05. The molecule has 1 heterocycles. The van der Waals surface area contributed by atoms with E-state index in [2.05, 4.69) is 4.98 Å². The minimum Gasteiger partial charge on any atom is -0.496 e. The van der Waals surface area contributed by atoms with Crippen molar-refractivity contribution in [3.63, 3.8) is 0 Å². The topological polar surface area (TPSA) is 22.1 Å². The number of ether oxygens (including phenoxy) is 1. The molecule has 108 valence electrons. The summed E-state index contributed by atoms with van der Waals surface area (Å²) in [5, 5.41) is 0.751. The smallest absolute Gasteiger partial charge is 0.434 e. The summed E-state index contributed by atoms with van der Waals surface area (Å²) in [5.74, 6) is 0.332. The van der Waals surface area contributed by atoms with Crippen molar-refractivity contribution >= 4 is 33.3 Å². The fourth-order valence-corrected chi connectivity index (χ4v) is 2.64. The minimum atomic E-state index is -4.60. The summed E-state index contributed by atoms with van der Waals surface area (Å²) in [4.78, 5) is 3.75. The van der Waals surface area contributed by atoms with E-state index in [1.165, 1.54) is 19.2 Å². The summed E-state index contributed by atoms with van der Waals surface area (Å²) in [6.45, 7) is 0. The van der Waals surface area contributed by atoms with Gasteiger partial charge in [0.15, 0.2) is 5.69 Å². The summed E-state index contributed by atoms with van der Waals surface area (Å²) < 4.78 is 45.1. The molecule has 0 aliphatic rings. The van der Waals surface area contributed by atoms with Crippen LogP contribution >= 0.6 is 11.6 Å². The number of methoxy groups -OCH3 is 1. The molecule has 0 fully saturated rings. The molecule has 0 aliphatic heterocycles. The van der Waals surface area contributed by atoms with Gasteiger partial charge >= 0.3 is 6.18 Å². The highest BCUT2D eigenvalue weighted by Crippen LogP contribution is 2.43. The maximum Gasteiger partial charge on any atom is 0.434 e. The third-order valence-corrected chi connectivity index (χ3v) is 3.56. The fourth-order valence-electron chi connectivity index (χ4n) is 2.39. The van der Waals surface area contributed by atoms with E-state index in [4.69, 9.17) is 16.3 Å². The molecule has 0 spiro atoms. The fraction of sp³-hybridized carbons (Fsp3) is 0.133. The molecule has 2 nitrogen and oxygen atoms in total. The van der Waals surface area contributed by atoms with Crippen LogP contribution in [0, 0.1) is 0 Å². The summed E-state index contributed by atoms with van der Waals surface area (Å²) >= 11 is 6.00. The van der Waals surface area contributed by atoms with Crippen molar-refractivity contribution in [3.05, 3.63) is 47.1 Å². The summed E-state index contributed by atoms with van der Waals surface area (Å²) in [6, 6.07) is 9.54. The molecule has 21 heavy (non-hydrogen) atoms. The number of hydrogen-bond acceptors (Lipinski definition) is 2. The number of hydrogen-bond donors (Lipinski definition) is 0. The van der Waals surface area contributed by atoms with E-state index in [-0.39, 0.29) is 15.9 Å². The molecule has 6 heteroatoms. The largest absolute Gasteiger partial charge is 0.496 e. The molecule has 0 atom stereocenters. The maximum absolute atomic E-state index is 13.3. The Labute approximate surface area is 123 Å². The van der Waals surface area contributed by atoms with Crippen molar-refractivity contribution in [2.45, 2.75) is 6.18 Å². The number of benzene rings is 2. The summed E-state index contributed by atoms with van der Waals surface area (Å²) in [6.07, 6.45) is -4.60. The lowest BCUT2D eigenvalue weighted by Crippen LogP contribution is -2.09. The molecule has 0 aliphatic carbocycles. The number of fused-ring (bicyclic) bond motifs is 3. The lowest BCUT2D eigenvalue weighted by molar-refractivity contribution is -0.139. The molecule has 0 N–H and O–H groups in total. The minimum absolute atomic E-state index is 0.00335. The molecule has 0 amide bonds. The second-order valence-electron chi connectivity index (χ2n) is 4.47. The number of alkyl halides is 3. The molecule has 3 aromatic rings. The van der Waals surface area contributed by atoms with Gasteiger partial charge in [-0.05, 0) is 18.2 Å². The van der Waals surface area contributed by atoms with E-state index >= 15 is 0 Å². The average Bonchev–Trinajstić information content (AvgIpc) is 2.46. The van der Waals surface area contributed by atoms with Crippen LogP contribution in [-0.2, 0) is 6.18 Å². The van der Waals surface area contributed by atoms with Crippen molar-refractivity contribution in [2.24, 2.45) is 0 Å². The first-order valence-corrected chi connectivity index (χ1v) is 6.43. The van der Waals surface area contributed by atoms with Crippen LogP contribution in [0.5, 0.6) is 5.75 Å². The van der Waals surface area contributed by atoms with Crippen LogP contribution in [0.3, 0.4) is 0 Å². The predicted molar refractivity (Wildman–Crippen MR) is 75.8 cm³/mol. The molecule has 0 saturated carbocycles. The Hall–Kier alpha value is -2.01. The molecule has 2 aromatic carbocycles. The van der Waals surface area contributed by atoms with Crippen molar-refractivity contribution in [3.8, 4) is 5.75 Å². The standard InChI is InChI=1S/C15H9ClF3NO/c1-21-11-7-6-9(16)13-12(11)8-4-2-3-5-10(8)20-14(13)15(17,18)19/h2-7H,1H3. The van der Waals surface area contributed by atoms with Crippen molar-refractivity contribution in [2.75, 3.05) is 7.11 Å². The number of halogens is 4. The maximum atomic E-state index is 13.3. The van der Waals surface area contributed by atoms with Crippen molar-refractivity contribution < 1.29 is 17.9 Å². The van der Waals surface area contributed by atoms with Crippen LogP contribution in [-0.4, -0.2) is 12.1 Å². The number of rotatable bonds is 1. The highest BCUT2D eigenvalue weighted by molar-refractivity contribution is 6.37. The first-order chi connectivity index (χ1) is 9.93. The Kier molecular flexibility index (Phi) is 3.17. The summed E-state index contributed by atoms with van der Waals surface area (Å²) in [7, 11) is 1.41. The highest BCUT2D eigenvalue weighted by Gasteiger charge is 2.36. The van der Waals surface area contributed by atoms with Gasteiger partial charge < -0.3 is 4.74 Å². The van der Waals surface area contributed by atoms with Crippen molar-refractivity contribution in [1.82, 2.24) is 4.98 Å². The molecule has 1 aromatic heterocycles. The quantitative estimate of drug-likeness (QED) is 0.585. The van der Waals surface area contributed by atoms with Gasteiger partial charge in [-0.15, -0.1) is 0 Å². The Morgan fingerprint density at radius 3 is 2.43 bits per heavy atom. The van der Waals surface area contributed by atoms with E-state index in [1.807, 2.05) is 0 Å². The van der Waals surface area contributed by atoms with E-state index < -0.39 is 11.9 Å². The number of nitrogens with zero attached hydrogens (tertiary/aromatic N) is 1. The van der Waals surface area contributed by atoms with Gasteiger partial charge in [0, 0.05) is 16.2 Å². The Morgan fingerprint density at radius 2 is 1.76 bits per heavy atom. The lowest BCUT2D eigenvalue weighted by atomic mass is 10.0. The zero-order valence-electron chi connectivity index (χ0n) is 10.8. The molecular formula is C15H9ClF3NO. The van der Waals surface area contributed by atoms with Crippen molar-refractivity contribution in [1.29, 1.82) is 0 Å². The molecule has 3 rings (SSSR count). The van der Waals surface area contributed by atoms with Crippen LogP contribution in [0.1, 0.15) is 5.69 Å². The highest BCUT2D eigenvalue weighted by atomic mass is 35.5. The van der Waals surface area contributed by atoms with E-state index in [0.717, 1.165) is 0 Å². The zero-order chi connectivity index (χ0) is 15.2. The third kappa shape index (κ3) is 2.17. The SMILES string of the molecule is COc1ccc(Cl)c2c(C(F)(F)F)nc3ccccc3c12. The van der Waals surface area contributed by atoms with Gasteiger partial charge in [-0.3, -0.25) is 0 Å². The van der Waals surface area contributed by atoms with Gasteiger partial charge in [0.25, 0.3) is 0 Å². The average molecular weight is 312 g/mol. The molecule has 0 unspecified atom stereocenters. The van der Waals surface area contributed by atoms with Crippen LogP contribution in [0.15, 0.2) is 36.4 Å². The van der Waals surface area contributed by atoms with Gasteiger partial charge in [0.1, 0.15) is 5.75 Å². The number of aromatic nitrogens is 1. The summed E-state index contributed by atoms with van der Waals surface area (Å²) in [5.41, 5.74) is -0.752. The molecular weight excluding hydrogens is 303 g/mol. The van der Waals surface area contributed by atoms with E-state index in [9.17, 15) is 13.2 Å². The van der Waals surface area contributed by atoms with Crippen LogP contribution < -0.4 is 4.74 Å². The van der Waals surface area contributed by atoms with Crippen LogP contribution in [0.2, 0.25) is 5.02 Å². The molecule has 0 bridgehead atoms. The Balaban J connectivity index is 2.64. The van der Waals surface area contributed by atoms with Gasteiger partial charge in [-0.2, -0.15) is 13.2 Å². The Bertz CT molecular complexity index is 846. The van der Waals surface area contributed by atoms with Gasteiger partial charge in [-0.25, -0.2) is 4.98 Å². The normalized spacial score (nSPS) is 12.0. The van der Waals surface area contributed by atoms with E-state index in [0.29, 0.717) is 16.5 Å². The van der Waals surface area contributed by atoms with Gasteiger partial charge in [0.05, 0.1) is 17.6 Å². The molecule has 0 radical (unpaired) electrons. The monoisotopic (exact) mass is 311 g/mol.